The van der Waals surface area contributed by atoms with E-state index < -0.39 is 0 Å². The van der Waals surface area contributed by atoms with E-state index in [-0.39, 0.29) is 5.69 Å². The number of fused-ring (bicyclic) bond motifs is 1. The number of hydrogen-bond donors (Lipinski definition) is 0. The van der Waals surface area contributed by atoms with Crippen molar-refractivity contribution in [3.63, 3.8) is 0 Å². The minimum atomic E-state index is -0.139. The lowest BCUT2D eigenvalue weighted by molar-refractivity contribution is 0.569. The number of thioether (sulfide) groups is 1. The summed E-state index contributed by atoms with van der Waals surface area (Å²) in [6.45, 7) is 2.70. The van der Waals surface area contributed by atoms with E-state index in [0.717, 1.165) is 35.6 Å². The maximum Gasteiger partial charge on any atom is 0.349 e. The largest absolute Gasteiger partial charge is 0.349 e. The average Bonchev–Trinajstić information content (AvgIpc) is 2.70. The van der Waals surface area contributed by atoms with Gasteiger partial charge in [-0.15, -0.1) is 11.8 Å². The fraction of sp³-hybridized carbons (Fsp3) is 0.318. The van der Waals surface area contributed by atoms with Crippen LogP contribution in [0, 0.1) is 6.92 Å². The second kappa shape index (κ2) is 8.09. The zero-order valence-corrected chi connectivity index (χ0v) is 16.3. The molecule has 0 unspecified atom stereocenters. The standard InChI is InChI=1S/C22H23N3OS/c1-16-6-2-3-7-18(16)15-27-21-19-8-4-5-9-20(19)25(22(26)24-21)14-17-10-12-23-13-11-17/h2-3,6-7,10-13H,4-5,8-9,14-15H2,1H3. The van der Waals surface area contributed by atoms with E-state index in [1.54, 1.807) is 24.2 Å². The Kier molecular flexibility index (Phi) is 5.39. The molecule has 0 radical (unpaired) electrons. The fourth-order valence-electron chi connectivity index (χ4n) is 3.62. The first-order valence-corrected chi connectivity index (χ1v) is 10.4. The van der Waals surface area contributed by atoms with Crippen molar-refractivity contribution in [1.29, 1.82) is 0 Å². The van der Waals surface area contributed by atoms with Gasteiger partial charge in [-0.25, -0.2) is 4.79 Å². The lowest BCUT2D eigenvalue weighted by Crippen LogP contribution is -2.30. The number of hydrogen-bond acceptors (Lipinski definition) is 4. The van der Waals surface area contributed by atoms with Gasteiger partial charge in [0.1, 0.15) is 5.03 Å². The molecule has 4 nitrogen and oxygen atoms in total. The second-order valence-electron chi connectivity index (χ2n) is 6.99. The SMILES string of the molecule is Cc1ccccc1CSc1nc(=O)n(Cc2ccncc2)c2c1CCCC2. The van der Waals surface area contributed by atoms with Crippen LogP contribution in [0.1, 0.15) is 40.8 Å². The number of rotatable bonds is 5. The molecule has 5 heteroatoms. The molecule has 3 aromatic rings. The maximum atomic E-state index is 12.8. The van der Waals surface area contributed by atoms with E-state index >= 15 is 0 Å². The highest BCUT2D eigenvalue weighted by Gasteiger charge is 2.20. The molecule has 0 fully saturated rings. The monoisotopic (exact) mass is 377 g/mol. The highest BCUT2D eigenvalue weighted by Crippen LogP contribution is 2.31. The summed E-state index contributed by atoms with van der Waals surface area (Å²) in [5, 5.41) is 0.920. The number of benzene rings is 1. The summed E-state index contributed by atoms with van der Waals surface area (Å²) in [5.41, 5.74) is 5.97. The molecule has 0 aliphatic heterocycles. The lowest BCUT2D eigenvalue weighted by Gasteiger charge is -2.23. The fourth-order valence-corrected chi connectivity index (χ4v) is 4.77. The van der Waals surface area contributed by atoms with Crippen molar-refractivity contribution < 1.29 is 0 Å². The zero-order chi connectivity index (χ0) is 18.6. The Balaban J connectivity index is 1.66. The van der Waals surface area contributed by atoms with Gasteiger partial charge < -0.3 is 0 Å². The summed E-state index contributed by atoms with van der Waals surface area (Å²) >= 11 is 1.70. The first-order valence-electron chi connectivity index (χ1n) is 9.41. The van der Waals surface area contributed by atoms with Crippen LogP contribution in [0.15, 0.2) is 58.6 Å². The van der Waals surface area contributed by atoms with E-state index in [1.165, 1.54) is 28.8 Å². The van der Waals surface area contributed by atoms with E-state index in [0.29, 0.717) is 6.54 Å². The number of aromatic nitrogens is 3. The van der Waals surface area contributed by atoms with Gasteiger partial charge in [0.15, 0.2) is 0 Å². The van der Waals surface area contributed by atoms with Gasteiger partial charge in [-0.2, -0.15) is 4.98 Å². The highest BCUT2D eigenvalue weighted by molar-refractivity contribution is 7.98. The van der Waals surface area contributed by atoms with Gasteiger partial charge in [-0.1, -0.05) is 24.3 Å². The molecule has 1 aromatic carbocycles. The van der Waals surface area contributed by atoms with Gasteiger partial charge in [-0.05, 0) is 61.4 Å². The molecule has 0 saturated heterocycles. The van der Waals surface area contributed by atoms with Gasteiger partial charge in [-0.3, -0.25) is 9.55 Å². The van der Waals surface area contributed by atoms with Gasteiger partial charge in [0.05, 0.1) is 6.54 Å². The molecule has 27 heavy (non-hydrogen) atoms. The summed E-state index contributed by atoms with van der Waals surface area (Å²) in [5.74, 6) is 0.847. The molecule has 0 bridgehead atoms. The Labute approximate surface area is 163 Å². The Hall–Kier alpha value is -2.40. The van der Waals surface area contributed by atoms with E-state index in [2.05, 4.69) is 41.2 Å². The number of aryl methyl sites for hydroxylation is 1. The molecule has 138 valence electrons. The van der Waals surface area contributed by atoms with Crippen LogP contribution in [-0.4, -0.2) is 14.5 Å². The quantitative estimate of drug-likeness (QED) is 0.495. The van der Waals surface area contributed by atoms with Crippen molar-refractivity contribution in [2.24, 2.45) is 0 Å². The molecule has 1 aliphatic carbocycles. The van der Waals surface area contributed by atoms with Crippen molar-refractivity contribution in [2.75, 3.05) is 0 Å². The topological polar surface area (TPSA) is 47.8 Å². The Morgan fingerprint density at radius 1 is 1.07 bits per heavy atom. The van der Waals surface area contributed by atoms with E-state index in [9.17, 15) is 4.79 Å². The molecular formula is C22H23N3OS. The molecule has 2 aromatic heterocycles. The van der Waals surface area contributed by atoms with Crippen LogP contribution < -0.4 is 5.69 Å². The molecule has 0 spiro atoms. The average molecular weight is 378 g/mol. The van der Waals surface area contributed by atoms with Gasteiger partial charge >= 0.3 is 5.69 Å². The van der Waals surface area contributed by atoms with Crippen LogP contribution in [0.3, 0.4) is 0 Å². The molecular weight excluding hydrogens is 354 g/mol. The molecule has 2 heterocycles. The zero-order valence-electron chi connectivity index (χ0n) is 15.5. The molecule has 1 aliphatic rings. The molecule has 0 amide bonds. The molecule has 0 atom stereocenters. The van der Waals surface area contributed by atoms with Crippen molar-refractivity contribution in [2.45, 2.75) is 49.9 Å². The summed E-state index contributed by atoms with van der Waals surface area (Å²) in [7, 11) is 0. The van der Waals surface area contributed by atoms with Crippen molar-refractivity contribution >= 4 is 11.8 Å². The molecule has 4 rings (SSSR count). The van der Waals surface area contributed by atoms with E-state index in [1.807, 2.05) is 16.7 Å². The van der Waals surface area contributed by atoms with E-state index in [4.69, 9.17) is 0 Å². The normalized spacial score (nSPS) is 13.4. The van der Waals surface area contributed by atoms with Crippen LogP contribution in [0.4, 0.5) is 0 Å². The number of nitrogens with zero attached hydrogens (tertiary/aromatic N) is 3. The highest BCUT2D eigenvalue weighted by atomic mass is 32.2. The third-order valence-corrected chi connectivity index (χ3v) is 6.23. The first-order chi connectivity index (χ1) is 13.2. The minimum absolute atomic E-state index is 0.139. The van der Waals surface area contributed by atoms with Gasteiger partial charge in [0.2, 0.25) is 0 Å². The summed E-state index contributed by atoms with van der Waals surface area (Å²) in [6.07, 6.45) is 7.80. The van der Waals surface area contributed by atoms with Gasteiger partial charge in [0, 0.05) is 29.4 Å². The Bertz CT molecular complexity index is 998. The smallest absolute Gasteiger partial charge is 0.292 e. The Morgan fingerprint density at radius 2 is 1.85 bits per heavy atom. The summed E-state index contributed by atoms with van der Waals surface area (Å²) < 4.78 is 1.86. The van der Waals surface area contributed by atoms with Gasteiger partial charge in [0.25, 0.3) is 0 Å². The summed E-state index contributed by atoms with van der Waals surface area (Å²) in [4.78, 5) is 21.4. The van der Waals surface area contributed by atoms with Crippen LogP contribution in [0.25, 0.3) is 0 Å². The minimum Gasteiger partial charge on any atom is -0.292 e. The predicted molar refractivity (Wildman–Crippen MR) is 109 cm³/mol. The van der Waals surface area contributed by atoms with Crippen LogP contribution in [0.5, 0.6) is 0 Å². The molecule has 0 N–H and O–H groups in total. The first kappa shape index (κ1) is 18.0. The van der Waals surface area contributed by atoms with Crippen LogP contribution >= 0.6 is 11.8 Å². The maximum absolute atomic E-state index is 12.8. The third-order valence-electron chi connectivity index (χ3n) is 5.17. The lowest BCUT2D eigenvalue weighted by atomic mass is 9.97. The van der Waals surface area contributed by atoms with Crippen LogP contribution in [0.2, 0.25) is 0 Å². The second-order valence-corrected chi connectivity index (χ2v) is 7.95. The van der Waals surface area contributed by atoms with Crippen molar-refractivity contribution in [1.82, 2.24) is 14.5 Å². The summed E-state index contributed by atoms with van der Waals surface area (Å²) in [6, 6.07) is 12.3. The van der Waals surface area contributed by atoms with Crippen molar-refractivity contribution in [3.8, 4) is 0 Å². The van der Waals surface area contributed by atoms with Crippen molar-refractivity contribution in [3.05, 3.63) is 87.2 Å². The third kappa shape index (κ3) is 3.98. The Morgan fingerprint density at radius 3 is 2.67 bits per heavy atom. The molecule has 0 saturated carbocycles. The predicted octanol–water partition coefficient (Wildman–Crippen LogP) is 4.17. The number of pyridine rings is 1. The van der Waals surface area contributed by atoms with Crippen LogP contribution in [-0.2, 0) is 25.1 Å².